The van der Waals surface area contributed by atoms with E-state index >= 15 is 0 Å². The van der Waals surface area contributed by atoms with Gasteiger partial charge in [-0.1, -0.05) is 89.5 Å². The highest BCUT2D eigenvalue weighted by atomic mass is 31.2. The van der Waals surface area contributed by atoms with Crippen molar-refractivity contribution in [2.24, 2.45) is 5.73 Å². The summed E-state index contributed by atoms with van der Waals surface area (Å²) in [7, 11) is -4.37. The maximum atomic E-state index is 12.5. The first-order valence-corrected chi connectivity index (χ1v) is 15.0. The van der Waals surface area contributed by atoms with Crippen molar-refractivity contribution in [2.75, 3.05) is 19.8 Å². The van der Waals surface area contributed by atoms with Crippen LogP contribution in [0.15, 0.2) is 24.3 Å². The molecule has 0 saturated heterocycles. The lowest BCUT2D eigenvalue weighted by Gasteiger charge is -2.24. The van der Waals surface area contributed by atoms with Gasteiger partial charge < -0.3 is 26.2 Å². The molecule has 0 radical (unpaired) electrons. The number of rotatable bonds is 24. The van der Waals surface area contributed by atoms with Gasteiger partial charge in [0, 0.05) is 6.54 Å². The number of hydrogen-bond acceptors (Lipinski definition) is 7. The van der Waals surface area contributed by atoms with E-state index in [-0.39, 0.29) is 19.6 Å². The zero-order valence-corrected chi connectivity index (χ0v) is 23.2. The van der Waals surface area contributed by atoms with Crippen molar-refractivity contribution in [1.29, 1.82) is 0 Å². The molecular formula is C26H51N2O7P. The number of amides is 1. The summed E-state index contributed by atoms with van der Waals surface area (Å²) in [6, 6.07) is -0.989. The van der Waals surface area contributed by atoms with Crippen LogP contribution in [0.1, 0.15) is 97.3 Å². The number of carbonyl (C=O) groups excluding carboxylic acids is 1. The molecule has 0 aliphatic carbocycles. The number of phosphoric ester groups is 1. The van der Waals surface area contributed by atoms with Crippen LogP contribution in [-0.4, -0.2) is 59.0 Å². The van der Waals surface area contributed by atoms with Crippen LogP contribution in [0.2, 0.25) is 0 Å². The molecule has 0 aromatic carbocycles. The number of aliphatic hydroxyl groups is 2. The number of carbonyl (C=O) groups is 1. The van der Waals surface area contributed by atoms with E-state index < -0.39 is 38.6 Å². The first-order chi connectivity index (χ1) is 17.3. The van der Waals surface area contributed by atoms with Crippen molar-refractivity contribution in [3.63, 3.8) is 0 Å². The van der Waals surface area contributed by atoms with Gasteiger partial charge >= 0.3 is 7.82 Å². The van der Waals surface area contributed by atoms with Gasteiger partial charge in [-0.3, -0.25) is 13.8 Å². The van der Waals surface area contributed by atoms with E-state index in [9.17, 15) is 24.5 Å². The predicted octanol–water partition coefficient (Wildman–Crippen LogP) is 4.51. The Labute approximate surface area is 218 Å². The quantitative estimate of drug-likeness (QED) is 0.0689. The summed E-state index contributed by atoms with van der Waals surface area (Å²) in [6.45, 7) is 3.73. The molecule has 0 aromatic heterocycles. The van der Waals surface area contributed by atoms with Gasteiger partial charge in [-0.15, -0.1) is 0 Å². The summed E-state index contributed by atoms with van der Waals surface area (Å²) in [6.07, 6.45) is 17.5. The van der Waals surface area contributed by atoms with Crippen LogP contribution in [0.3, 0.4) is 0 Å². The number of phosphoric acid groups is 1. The lowest BCUT2D eigenvalue weighted by Crippen LogP contribution is -2.46. The normalized spacial score (nSPS) is 16.3. The van der Waals surface area contributed by atoms with E-state index in [0.717, 1.165) is 38.5 Å². The summed E-state index contributed by atoms with van der Waals surface area (Å²) < 4.78 is 21.7. The van der Waals surface area contributed by atoms with Crippen molar-refractivity contribution in [3.05, 3.63) is 24.3 Å². The third-order valence-corrected chi connectivity index (χ3v) is 6.55. The van der Waals surface area contributed by atoms with Gasteiger partial charge in [-0.25, -0.2) is 4.57 Å². The van der Waals surface area contributed by atoms with Gasteiger partial charge in [0.05, 0.1) is 37.9 Å². The molecule has 0 fully saturated rings. The minimum absolute atomic E-state index is 0.0444. The Kier molecular flexibility index (Phi) is 22.4. The number of nitrogens with two attached hydrogens (primary N) is 1. The van der Waals surface area contributed by atoms with E-state index in [0.29, 0.717) is 12.8 Å². The van der Waals surface area contributed by atoms with Gasteiger partial charge in [0.1, 0.15) is 0 Å². The summed E-state index contributed by atoms with van der Waals surface area (Å²) in [5.41, 5.74) is 5.28. The van der Waals surface area contributed by atoms with Crippen LogP contribution in [-0.2, 0) is 18.4 Å². The molecule has 36 heavy (non-hydrogen) atoms. The third kappa shape index (κ3) is 21.1. The van der Waals surface area contributed by atoms with Gasteiger partial charge in [-0.05, 0) is 25.7 Å². The zero-order chi connectivity index (χ0) is 27.1. The highest BCUT2D eigenvalue weighted by Gasteiger charge is 2.27. The van der Waals surface area contributed by atoms with E-state index in [2.05, 4.69) is 31.3 Å². The Balaban J connectivity index is 4.73. The van der Waals surface area contributed by atoms with E-state index in [1.54, 1.807) is 6.08 Å². The summed E-state index contributed by atoms with van der Waals surface area (Å²) in [5, 5.41) is 23.4. The molecule has 4 unspecified atom stereocenters. The van der Waals surface area contributed by atoms with Crippen LogP contribution < -0.4 is 11.1 Å². The molecule has 0 aliphatic rings. The molecule has 0 aromatic rings. The van der Waals surface area contributed by atoms with Crippen LogP contribution in [0.4, 0.5) is 0 Å². The van der Waals surface area contributed by atoms with Crippen molar-refractivity contribution >= 4 is 13.7 Å². The molecule has 9 nitrogen and oxygen atoms in total. The van der Waals surface area contributed by atoms with Gasteiger partial charge in [0.2, 0.25) is 5.91 Å². The first-order valence-electron chi connectivity index (χ1n) is 13.5. The summed E-state index contributed by atoms with van der Waals surface area (Å²) >= 11 is 0. The van der Waals surface area contributed by atoms with Gasteiger partial charge in [0.25, 0.3) is 0 Å². The lowest BCUT2D eigenvalue weighted by molar-refractivity contribution is -0.124. The zero-order valence-electron chi connectivity index (χ0n) is 22.4. The second-order valence-corrected chi connectivity index (χ2v) is 10.5. The highest BCUT2D eigenvalue weighted by molar-refractivity contribution is 7.47. The smallest absolute Gasteiger partial charge is 0.393 e. The number of unbranched alkanes of at least 4 members (excludes halogenated alkanes) is 8. The molecule has 6 N–H and O–H groups in total. The summed E-state index contributed by atoms with van der Waals surface area (Å²) in [4.78, 5) is 22.3. The first kappa shape index (κ1) is 34.9. The maximum absolute atomic E-state index is 12.5. The minimum Gasteiger partial charge on any atom is -0.393 e. The molecule has 0 heterocycles. The molecule has 10 heteroatoms. The Hall–Kier alpha value is -1.06. The number of aliphatic hydroxyl groups excluding tert-OH is 2. The highest BCUT2D eigenvalue weighted by Crippen LogP contribution is 2.43. The van der Waals surface area contributed by atoms with Crippen LogP contribution in [0.5, 0.6) is 0 Å². The Morgan fingerprint density at radius 3 is 2.25 bits per heavy atom. The largest absolute Gasteiger partial charge is 0.472 e. The summed E-state index contributed by atoms with van der Waals surface area (Å²) in [5.74, 6) is -0.468. The average Bonchev–Trinajstić information content (AvgIpc) is 2.84. The van der Waals surface area contributed by atoms with E-state index in [1.165, 1.54) is 31.8 Å². The molecule has 1 amide bonds. The van der Waals surface area contributed by atoms with Crippen LogP contribution in [0, 0.1) is 0 Å². The second-order valence-electron chi connectivity index (χ2n) is 9.08. The van der Waals surface area contributed by atoms with Gasteiger partial charge in [0.15, 0.2) is 0 Å². The fourth-order valence-corrected chi connectivity index (χ4v) is 4.25. The molecule has 0 aliphatic heterocycles. The molecular weight excluding hydrogens is 483 g/mol. The van der Waals surface area contributed by atoms with Crippen molar-refractivity contribution in [2.45, 2.75) is 116 Å². The molecule has 0 rings (SSSR count). The fourth-order valence-electron chi connectivity index (χ4n) is 3.49. The standard InChI is InChI=1S/C26H51N2O7P/c1-3-5-7-9-11-13-15-17-23(29)21-26(31)28-24(22-35-36(32,33)34-20-19-27)25(30)18-16-14-12-10-8-6-4-2/h8,10,16,18,23-25,29-30H,3-7,9,11-15,17,19-22,27H2,1-2H3,(H,28,31)(H,32,33)/b10-8+,18-16+. The lowest BCUT2D eigenvalue weighted by atomic mass is 10.0. The Morgan fingerprint density at radius 2 is 1.58 bits per heavy atom. The fraction of sp³-hybridized carbons (Fsp3) is 0.808. The molecule has 4 atom stereocenters. The Morgan fingerprint density at radius 1 is 0.944 bits per heavy atom. The van der Waals surface area contributed by atoms with Crippen molar-refractivity contribution in [1.82, 2.24) is 5.32 Å². The molecule has 0 bridgehead atoms. The van der Waals surface area contributed by atoms with Crippen molar-refractivity contribution in [3.8, 4) is 0 Å². The van der Waals surface area contributed by atoms with Gasteiger partial charge in [-0.2, -0.15) is 0 Å². The SMILES string of the molecule is CCC/C=C/CC/C=C/C(O)C(COP(=O)(O)OCCN)NC(=O)CC(O)CCCCCCCCC. The van der Waals surface area contributed by atoms with E-state index in [4.69, 9.17) is 14.8 Å². The second kappa shape index (κ2) is 23.1. The Bertz CT molecular complexity index is 646. The third-order valence-electron chi connectivity index (χ3n) is 5.57. The average molecular weight is 535 g/mol. The number of hydrogen-bond donors (Lipinski definition) is 5. The van der Waals surface area contributed by atoms with Crippen LogP contribution in [0.25, 0.3) is 0 Å². The number of nitrogens with one attached hydrogen (secondary N) is 1. The van der Waals surface area contributed by atoms with E-state index in [1.807, 2.05) is 0 Å². The maximum Gasteiger partial charge on any atom is 0.472 e. The molecule has 0 spiro atoms. The topological polar surface area (TPSA) is 151 Å². The number of allylic oxidation sites excluding steroid dienone is 3. The minimum atomic E-state index is -4.37. The van der Waals surface area contributed by atoms with Crippen LogP contribution >= 0.6 is 7.82 Å². The van der Waals surface area contributed by atoms with Crippen molar-refractivity contribution < 1.29 is 33.5 Å². The monoisotopic (exact) mass is 534 g/mol. The predicted molar refractivity (Wildman–Crippen MR) is 144 cm³/mol. The molecule has 212 valence electrons. The molecule has 0 saturated carbocycles.